The van der Waals surface area contributed by atoms with Crippen LogP contribution < -0.4 is 5.32 Å². The Morgan fingerprint density at radius 3 is 2.08 bits per heavy atom. The van der Waals surface area contributed by atoms with Crippen LogP contribution in [0, 0.1) is 17.8 Å². The number of methoxy groups -OCH3 is 1. The van der Waals surface area contributed by atoms with Gasteiger partial charge >= 0.3 is 0 Å². The van der Waals surface area contributed by atoms with Crippen LogP contribution in [0.3, 0.4) is 0 Å². The molecule has 0 spiro atoms. The normalized spacial score (nSPS) is 15.9. The van der Waals surface area contributed by atoms with Crippen molar-refractivity contribution >= 4 is 0 Å². The molecule has 0 aromatic heterocycles. The van der Waals surface area contributed by atoms with Gasteiger partial charge in [-0.05, 0) is 39.3 Å². The van der Waals surface area contributed by atoms with Crippen molar-refractivity contribution in [3.63, 3.8) is 0 Å². The molecule has 25 heavy (non-hydrogen) atoms. The van der Waals surface area contributed by atoms with Gasteiger partial charge in [-0.1, -0.05) is 51.8 Å². The molecule has 0 radical (unpaired) electrons. The summed E-state index contributed by atoms with van der Waals surface area (Å²) in [6, 6.07) is 0.202. The number of likely N-dealkylation sites (N-methyl/N-ethyl adjacent to an activating group) is 1. The van der Waals surface area contributed by atoms with E-state index < -0.39 is 0 Å². The summed E-state index contributed by atoms with van der Waals surface area (Å²) in [7, 11) is 3.72. The van der Waals surface area contributed by atoms with Crippen molar-refractivity contribution in [2.45, 2.75) is 67.0 Å². The fraction of sp³-hybridized carbons (Fsp3) is 0.727. The summed E-state index contributed by atoms with van der Waals surface area (Å²) in [5.41, 5.74) is 2.82. The Labute approximate surface area is 156 Å². The molecule has 0 aromatic rings. The molecule has 3 heteroatoms. The zero-order valence-corrected chi connectivity index (χ0v) is 18.0. The average Bonchev–Trinajstić information content (AvgIpc) is 2.54. The fourth-order valence-electron chi connectivity index (χ4n) is 3.20. The van der Waals surface area contributed by atoms with Crippen molar-refractivity contribution in [1.82, 2.24) is 5.32 Å². The minimum atomic E-state index is 0.0393. The zero-order valence-electron chi connectivity index (χ0n) is 18.0. The summed E-state index contributed by atoms with van der Waals surface area (Å²) in [6.07, 6.45) is 5.20. The highest BCUT2D eigenvalue weighted by Gasteiger charge is 2.24. The van der Waals surface area contributed by atoms with Gasteiger partial charge in [-0.15, -0.1) is 6.58 Å². The molecule has 0 fully saturated rings. The van der Waals surface area contributed by atoms with E-state index in [1.54, 1.807) is 7.11 Å². The Balaban J connectivity index is 5.47. The lowest BCUT2D eigenvalue weighted by atomic mass is 9.87. The quantitative estimate of drug-likeness (QED) is 0.380. The van der Waals surface area contributed by atoms with E-state index >= 15 is 0 Å². The molecule has 0 saturated carbocycles. The number of rotatable bonds is 12. The van der Waals surface area contributed by atoms with Crippen LogP contribution in [0.15, 0.2) is 35.6 Å². The first kappa shape index (κ1) is 23.9. The Morgan fingerprint density at radius 1 is 1.16 bits per heavy atom. The second kappa shape index (κ2) is 12.3. The van der Waals surface area contributed by atoms with Crippen LogP contribution in [0.25, 0.3) is 0 Å². The van der Waals surface area contributed by atoms with Gasteiger partial charge in [0.15, 0.2) is 0 Å². The zero-order chi connectivity index (χ0) is 19.6. The Hall–Kier alpha value is -1.06. The molecule has 0 aliphatic carbocycles. The summed E-state index contributed by atoms with van der Waals surface area (Å²) in [5.74, 6) is 2.02. The minimum Gasteiger partial charge on any atom is -0.501 e. The Morgan fingerprint density at radius 2 is 1.76 bits per heavy atom. The first-order valence-electron chi connectivity index (χ1n) is 9.56. The van der Waals surface area contributed by atoms with Crippen molar-refractivity contribution in [1.29, 1.82) is 0 Å². The van der Waals surface area contributed by atoms with E-state index in [9.17, 15) is 0 Å². The highest BCUT2D eigenvalue weighted by molar-refractivity contribution is 5.18. The Kier molecular flexibility index (Phi) is 11.8. The molecule has 1 N–H and O–H groups in total. The monoisotopic (exact) mass is 351 g/mol. The smallest absolute Gasteiger partial charge is 0.0966 e. The predicted molar refractivity (Wildman–Crippen MR) is 110 cm³/mol. The van der Waals surface area contributed by atoms with Crippen molar-refractivity contribution < 1.29 is 9.47 Å². The largest absolute Gasteiger partial charge is 0.501 e. The number of hydrogen-bond acceptors (Lipinski definition) is 3. The average molecular weight is 352 g/mol. The van der Waals surface area contributed by atoms with E-state index in [4.69, 9.17) is 9.47 Å². The van der Waals surface area contributed by atoms with Gasteiger partial charge in [-0.2, -0.15) is 0 Å². The third kappa shape index (κ3) is 7.79. The van der Waals surface area contributed by atoms with Gasteiger partial charge in [-0.3, -0.25) is 0 Å². The lowest BCUT2D eigenvalue weighted by Gasteiger charge is -2.30. The molecular formula is C22H41NO2. The molecule has 0 heterocycles. The lowest BCUT2D eigenvalue weighted by molar-refractivity contribution is 0.0303. The maximum Gasteiger partial charge on any atom is 0.0966 e. The van der Waals surface area contributed by atoms with Crippen LogP contribution >= 0.6 is 0 Å². The van der Waals surface area contributed by atoms with E-state index in [0.717, 1.165) is 12.2 Å². The van der Waals surface area contributed by atoms with Crippen molar-refractivity contribution in [2.24, 2.45) is 17.8 Å². The summed E-state index contributed by atoms with van der Waals surface area (Å²) in [6.45, 7) is 19.9. The van der Waals surface area contributed by atoms with Crippen LogP contribution in [0.1, 0.15) is 54.9 Å². The molecule has 0 amide bonds. The van der Waals surface area contributed by atoms with Crippen LogP contribution in [-0.2, 0) is 9.47 Å². The SMILES string of the molecule is C=CC(NC)C(COC(/C=C(\OC)C(C)C)C(C)C)C(CC)=C(C)C. The van der Waals surface area contributed by atoms with Crippen molar-refractivity contribution in [3.8, 4) is 0 Å². The topological polar surface area (TPSA) is 30.5 Å². The fourth-order valence-corrected chi connectivity index (χ4v) is 3.20. The van der Waals surface area contributed by atoms with E-state index in [1.807, 2.05) is 13.1 Å². The summed E-state index contributed by atoms with van der Waals surface area (Å²) in [5, 5.41) is 3.37. The van der Waals surface area contributed by atoms with Crippen LogP contribution in [0.2, 0.25) is 0 Å². The molecule has 0 rings (SSSR count). The molecule has 3 atom stereocenters. The molecule has 0 saturated heterocycles. The second-order valence-corrected chi connectivity index (χ2v) is 7.51. The summed E-state index contributed by atoms with van der Waals surface area (Å²) >= 11 is 0. The second-order valence-electron chi connectivity index (χ2n) is 7.51. The maximum atomic E-state index is 6.39. The van der Waals surface area contributed by atoms with Crippen molar-refractivity contribution in [3.05, 3.63) is 35.6 Å². The molecule has 0 aliphatic heterocycles. The third-order valence-corrected chi connectivity index (χ3v) is 4.75. The number of nitrogens with one attached hydrogen (secondary N) is 1. The molecular weight excluding hydrogens is 310 g/mol. The number of hydrogen-bond donors (Lipinski definition) is 1. The van der Waals surface area contributed by atoms with Gasteiger partial charge in [0.2, 0.25) is 0 Å². The molecule has 0 aliphatic rings. The van der Waals surface area contributed by atoms with Gasteiger partial charge in [0.1, 0.15) is 0 Å². The molecule has 3 unspecified atom stereocenters. The standard InChI is InChI=1S/C22H41NO2/c1-11-18(15(3)4)19(20(12-2)23-9)14-25-22(17(7)8)13-21(24-10)16(5)6/h12-13,16-17,19-20,22-23H,2,11,14H2,1,3-10H3/b21-13-. The van der Waals surface area contributed by atoms with E-state index in [1.165, 1.54) is 11.1 Å². The first-order valence-corrected chi connectivity index (χ1v) is 9.56. The molecule has 3 nitrogen and oxygen atoms in total. The van der Waals surface area contributed by atoms with Crippen molar-refractivity contribution in [2.75, 3.05) is 20.8 Å². The van der Waals surface area contributed by atoms with E-state index in [0.29, 0.717) is 18.4 Å². The van der Waals surface area contributed by atoms with Gasteiger partial charge in [0, 0.05) is 17.9 Å². The van der Waals surface area contributed by atoms with Crippen LogP contribution in [0.5, 0.6) is 0 Å². The van der Waals surface area contributed by atoms with Crippen LogP contribution in [-0.4, -0.2) is 32.9 Å². The lowest BCUT2D eigenvalue weighted by Crippen LogP contribution is -2.37. The Bertz CT molecular complexity index is 445. The number of allylic oxidation sites excluding steroid dienone is 2. The number of ether oxygens (including phenoxy) is 2. The van der Waals surface area contributed by atoms with Gasteiger partial charge < -0.3 is 14.8 Å². The first-order chi connectivity index (χ1) is 11.7. The highest BCUT2D eigenvalue weighted by atomic mass is 16.5. The summed E-state index contributed by atoms with van der Waals surface area (Å²) in [4.78, 5) is 0. The van der Waals surface area contributed by atoms with E-state index in [-0.39, 0.29) is 18.1 Å². The highest BCUT2D eigenvalue weighted by Crippen LogP contribution is 2.25. The third-order valence-electron chi connectivity index (χ3n) is 4.75. The summed E-state index contributed by atoms with van der Waals surface area (Å²) < 4.78 is 11.9. The van der Waals surface area contributed by atoms with Gasteiger partial charge in [0.25, 0.3) is 0 Å². The molecule has 0 aromatic carbocycles. The molecule has 146 valence electrons. The van der Waals surface area contributed by atoms with Gasteiger partial charge in [-0.25, -0.2) is 0 Å². The maximum absolute atomic E-state index is 6.39. The van der Waals surface area contributed by atoms with Crippen LogP contribution in [0.4, 0.5) is 0 Å². The van der Waals surface area contributed by atoms with Gasteiger partial charge in [0.05, 0.1) is 25.6 Å². The predicted octanol–water partition coefficient (Wildman–Crippen LogP) is 5.35. The molecule has 0 bridgehead atoms. The van der Waals surface area contributed by atoms with E-state index in [2.05, 4.69) is 66.4 Å². The minimum absolute atomic E-state index is 0.0393.